The van der Waals surface area contributed by atoms with Crippen molar-refractivity contribution < 1.29 is 9.90 Å². The van der Waals surface area contributed by atoms with Gasteiger partial charge >= 0.3 is 0 Å². The van der Waals surface area contributed by atoms with Gasteiger partial charge in [0.1, 0.15) is 5.69 Å². The van der Waals surface area contributed by atoms with Gasteiger partial charge < -0.3 is 10.0 Å². The number of aliphatic hydroxyl groups is 1. The van der Waals surface area contributed by atoms with Crippen LogP contribution in [0.3, 0.4) is 0 Å². The summed E-state index contributed by atoms with van der Waals surface area (Å²) in [5.74, 6) is -0.0544. The number of amides is 1. The van der Waals surface area contributed by atoms with Crippen LogP contribution in [-0.2, 0) is 0 Å². The molecule has 1 N–H and O–H groups in total. The molecule has 0 spiro atoms. The minimum atomic E-state index is -0.670. The summed E-state index contributed by atoms with van der Waals surface area (Å²) < 4.78 is 0. The highest BCUT2D eigenvalue weighted by atomic mass is 32.1. The van der Waals surface area contributed by atoms with E-state index in [9.17, 15) is 9.90 Å². The summed E-state index contributed by atoms with van der Waals surface area (Å²) in [5.41, 5.74) is 1.35. The molecule has 1 amide bonds. The van der Waals surface area contributed by atoms with Crippen LogP contribution in [0.1, 0.15) is 59.3 Å². The van der Waals surface area contributed by atoms with Crippen LogP contribution in [0.4, 0.5) is 0 Å². The van der Waals surface area contributed by atoms with E-state index in [2.05, 4.69) is 4.98 Å². The molecule has 3 rings (SSSR count). The number of hydrogen-bond donors (Lipinski definition) is 1. The van der Waals surface area contributed by atoms with Crippen LogP contribution in [0.2, 0.25) is 0 Å². The molecule has 0 aliphatic heterocycles. The first-order valence-electron chi connectivity index (χ1n) is 8.61. The number of rotatable bonds is 5. The highest BCUT2D eigenvalue weighted by Gasteiger charge is 2.29. The van der Waals surface area contributed by atoms with E-state index >= 15 is 0 Å². The average molecular weight is 344 g/mol. The second kappa shape index (κ2) is 7.90. The molecule has 1 aliphatic carbocycles. The first kappa shape index (κ1) is 17.1. The van der Waals surface area contributed by atoms with Gasteiger partial charge in [0.25, 0.3) is 5.91 Å². The summed E-state index contributed by atoms with van der Waals surface area (Å²) in [6.07, 6.45) is 4.87. The summed E-state index contributed by atoms with van der Waals surface area (Å²) in [5, 5.41) is 13.3. The fraction of sp³-hybridized carbons (Fsp3) is 0.474. The molecule has 2 aromatic rings. The van der Waals surface area contributed by atoms with Gasteiger partial charge in [0.2, 0.25) is 0 Å². The summed E-state index contributed by atoms with van der Waals surface area (Å²) in [7, 11) is 0. The number of carbonyl (C=O) groups excluding carboxylic acids is 1. The number of aromatic nitrogens is 1. The lowest BCUT2D eigenvalue weighted by atomic mass is 9.93. The van der Waals surface area contributed by atoms with Crippen LogP contribution in [0.5, 0.6) is 0 Å². The number of nitrogens with zero attached hydrogens (tertiary/aromatic N) is 2. The summed E-state index contributed by atoms with van der Waals surface area (Å²) in [6.45, 7) is 2.23. The van der Waals surface area contributed by atoms with Crippen molar-refractivity contribution in [2.24, 2.45) is 0 Å². The van der Waals surface area contributed by atoms with Crippen molar-refractivity contribution >= 4 is 17.2 Å². The molecule has 0 saturated heterocycles. The minimum absolute atomic E-state index is 0.0544. The minimum Gasteiger partial charge on any atom is -0.387 e. The maximum Gasteiger partial charge on any atom is 0.273 e. The lowest BCUT2D eigenvalue weighted by molar-refractivity contribution is 0.0449. The van der Waals surface area contributed by atoms with Gasteiger partial charge in [-0.05, 0) is 25.3 Å². The Balaban J connectivity index is 1.80. The number of benzene rings is 1. The Morgan fingerprint density at radius 3 is 2.62 bits per heavy atom. The molecule has 1 fully saturated rings. The normalized spacial score (nSPS) is 16.8. The van der Waals surface area contributed by atoms with E-state index in [1.165, 1.54) is 17.8 Å². The Morgan fingerprint density at radius 1 is 1.29 bits per heavy atom. The Kier molecular flexibility index (Phi) is 5.63. The van der Waals surface area contributed by atoms with E-state index < -0.39 is 6.10 Å². The van der Waals surface area contributed by atoms with Gasteiger partial charge in [-0.15, -0.1) is 11.3 Å². The van der Waals surface area contributed by atoms with E-state index in [0.717, 1.165) is 36.3 Å². The number of aryl methyl sites for hydroxylation is 1. The van der Waals surface area contributed by atoms with Crippen LogP contribution < -0.4 is 0 Å². The molecule has 1 heterocycles. The summed E-state index contributed by atoms with van der Waals surface area (Å²) in [4.78, 5) is 19.2. The summed E-state index contributed by atoms with van der Waals surface area (Å²) in [6, 6.07) is 9.76. The highest BCUT2D eigenvalue weighted by molar-refractivity contribution is 7.09. The topological polar surface area (TPSA) is 53.4 Å². The third-order valence-corrected chi connectivity index (χ3v) is 5.44. The molecule has 1 aliphatic rings. The van der Waals surface area contributed by atoms with Crippen molar-refractivity contribution in [3.05, 3.63) is 52.0 Å². The Morgan fingerprint density at radius 2 is 2.00 bits per heavy atom. The van der Waals surface area contributed by atoms with Crippen molar-refractivity contribution in [3.8, 4) is 0 Å². The van der Waals surface area contributed by atoms with E-state index in [-0.39, 0.29) is 11.9 Å². The lowest BCUT2D eigenvalue weighted by Crippen LogP contribution is -2.44. The van der Waals surface area contributed by atoms with Gasteiger partial charge in [0.05, 0.1) is 17.7 Å². The zero-order valence-corrected chi connectivity index (χ0v) is 14.8. The third-order valence-electron chi connectivity index (χ3n) is 4.67. The molecule has 128 valence electrons. The van der Waals surface area contributed by atoms with Crippen LogP contribution >= 0.6 is 11.3 Å². The molecule has 1 saturated carbocycles. The fourth-order valence-corrected chi connectivity index (χ4v) is 3.95. The molecule has 1 aromatic carbocycles. The second-order valence-corrected chi connectivity index (χ2v) is 7.49. The standard InChI is InChI=1S/C19H24N2O2S/c1-14-20-17(13-24-14)19(23)21(16-10-6-3-7-11-16)12-18(22)15-8-4-2-5-9-15/h2,4-5,8-9,13,16,18,22H,3,6-7,10-12H2,1H3. The fourth-order valence-electron chi connectivity index (χ4n) is 3.37. The van der Waals surface area contributed by atoms with Crippen molar-refractivity contribution in [3.63, 3.8) is 0 Å². The van der Waals surface area contributed by atoms with Crippen molar-refractivity contribution in [2.45, 2.75) is 51.2 Å². The predicted octanol–water partition coefficient (Wildman–Crippen LogP) is 3.96. The Bertz CT molecular complexity index is 665. The van der Waals surface area contributed by atoms with Crippen LogP contribution in [-0.4, -0.2) is 33.5 Å². The van der Waals surface area contributed by atoms with Crippen molar-refractivity contribution in [2.75, 3.05) is 6.54 Å². The molecule has 5 heteroatoms. The van der Waals surface area contributed by atoms with Crippen molar-refractivity contribution in [1.29, 1.82) is 0 Å². The van der Waals surface area contributed by atoms with Crippen LogP contribution in [0.25, 0.3) is 0 Å². The average Bonchev–Trinajstić information content (AvgIpc) is 3.07. The van der Waals surface area contributed by atoms with E-state index in [0.29, 0.717) is 12.2 Å². The molecule has 0 radical (unpaired) electrons. The van der Waals surface area contributed by atoms with Gasteiger partial charge in [-0.3, -0.25) is 4.79 Å². The van der Waals surface area contributed by atoms with Crippen LogP contribution in [0, 0.1) is 6.92 Å². The quantitative estimate of drug-likeness (QED) is 0.893. The maximum absolute atomic E-state index is 13.0. The monoisotopic (exact) mass is 344 g/mol. The largest absolute Gasteiger partial charge is 0.387 e. The Labute approximate surface area is 147 Å². The number of carbonyl (C=O) groups is 1. The highest BCUT2D eigenvalue weighted by Crippen LogP contribution is 2.26. The Hall–Kier alpha value is -1.72. The summed E-state index contributed by atoms with van der Waals surface area (Å²) >= 11 is 1.49. The van der Waals surface area contributed by atoms with Gasteiger partial charge in [-0.1, -0.05) is 49.6 Å². The maximum atomic E-state index is 13.0. The molecule has 1 aromatic heterocycles. The molecule has 0 bridgehead atoms. The van der Waals surface area contributed by atoms with E-state index in [1.54, 1.807) is 0 Å². The predicted molar refractivity (Wildman–Crippen MR) is 96.2 cm³/mol. The zero-order valence-electron chi connectivity index (χ0n) is 14.0. The molecule has 4 nitrogen and oxygen atoms in total. The molecule has 1 atom stereocenters. The van der Waals surface area contributed by atoms with Gasteiger partial charge in [0, 0.05) is 11.4 Å². The van der Waals surface area contributed by atoms with Gasteiger partial charge in [-0.2, -0.15) is 0 Å². The number of hydrogen-bond acceptors (Lipinski definition) is 4. The van der Waals surface area contributed by atoms with Crippen molar-refractivity contribution in [1.82, 2.24) is 9.88 Å². The SMILES string of the molecule is Cc1nc(C(=O)N(CC(O)c2ccccc2)C2CCCCC2)cs1. The number of aliphatic hydroxyl groups excluding tert-OH is 1. The molecule has 24 heavy (non-hydrogen) atoms. The second-order valence-electron chi connectivity index (χ2n) is 6.43. The lowest BCUT2D eigenvalue weighted by Gasteiger charge is -2.35. The third kappa shape index (κ3) is 4.02. The molecule has 1 unspecified atom stereocenters. The van der Waals surface area contributed by atoms with E-state index in [1.807, 2.05) is 47.5 Å². The zero-order chi connectivity index (χ0) is 16.9. The van der Waals surface area contributed by atoms with Gasteiger partial charge in [-0.25, -0.2) is 4.98 Å². The van der Waals surface area contributed by atoms with Crippen LogP contribution in [0.15, 0.2) is 35.7 Å². The smallest absolute Gasteiger partial charge is 0.273 e. The van der Waals surface area contributed by atoms with E-state index in [4.69, 9.17) is 0 Å². The van der Waals surface area contributed by atoms with Gasteiger partial charge in [0.15, 0.2) is 0 Å². The number of thiazole rings is 1. The first-order chi connectivity index (χ1) is 11.6. The first-order valence-corrected chi connectivity index (χ1v) is 9.49. The molecular formula is C19H24N2O2S. The molecular weight excluding hydrogens is 320 g/mol.